The maximum atomic E-state index is 12.8. The maximum Gasteiger partial charge on any atom is 0.338 e. The van der Waals surface area contributed by atoms with Crippen molar-refractivity contribution in [2.75, 3.05) is 20.3 Å². The van der Waals surface area contributed by atoms with Gasteiger partial charge in [-0.15, -0.1) is 22.7 Å². The van der Waals surface area contributed by atoms with Crippen LogP contribution in [0.1, 0.15) is 22.7 Å². The van der Waals surface area contributed by atoms with Crippen molar-refractivity contribution in [3.63, 3.8) is 0 Å². The highest BCUT2D eigenvalue weighted by atomic mass is 79.9. The van der Waals surface area contributed by atoms with Gasteiger partial charge in [0.05, 0.1) is 28.6 Å². The topological polar surface area (TPSA) is 67.9 Å². The van der Waals surface area contributed by atoms with Crippen molar-refractivity contribution in [2.24, 2.45) is 0 Å². The molecule has 1 aliphatic heterocycles. The molecule has 144 valence electrons. The molecule has 0 spiro atoms. The average Bonchev–Trinajstić information content (AvgIpc) is 3.29. The van der Waals surface area contributed by atoms with Crippen molar-refractivity contribution in [3.05, 3.63) is 54.5 Å². The monoisotopic (exact) mass is 470 g/mol. The van der Waals surface area contributed by atoms with Crippen LogP contribution in [-0.2, 0) is 20.8 Å². The molecule has 1 N–H and O–H groups in total. The third kappa shape index (κ3) is 4.60. The largest absolute Gasteiger partial charge is 0.460 e. The van der Waals surface area contributed by atoms with E-state index >= 15 is 0 Å². The van der Waals surface area contributed by atoms with Crippen LogP contribution in [0.25, 0.3) is 0 Å². The average molecular weight is 471 g/mol. The lowest BCUT2D eigenvalue weighted by Crippen LogP contribution is -2.47. The van der Waals surface area contributed by atoms with Crippen molar-refractivity contribution in [1.82, 2.24) is 10.2 Å². The van der Waals surface area contributed by atoms with Gasteiger partial charge in [0.1, 0.15) is 6.61 Å². The molecule has 2 aromatic heterocycles. The summed E-state index contributed by atoms with van der Waals surface area (Å²) in [4.78, 5) is 29.0. The van der Waals surface area contributed by atoms with E-state index in [1.54, 1.807) is 30.3 Å². The van der Waals surface area contributed by atoms with E-state index in [2.05, 4.69) is 21.2 Å². The molecule has 27 heavy (non-hydrogen) atoms. The van der Waals surface area contributed by atoms with Gasteiger partial charge in [-0.25, -0.2) is 9.59 Å². The number of esters is 1. The Kier molecular flexibility index (Phi) is 6.69. The summed E-state index contributed by atoms with van der Waals surface area (Å²) in [6, 6.07) is 6.92. The second-order valence-corrected chi connectivity index (χ2v) is 9.34. The zero-order valence-corrected chi connectivity index (χ0v) is 18.1. The Balaban J connectivity index is 1.95. The number of carbonyl (C=O) groups is 2. The van der Waals surface area contributed by atoms with Crippen LogP contribution in [-0.4, -0.2) is 37.2 Å². The van der Waals surface area contributed by atoms with E-state index in [4.69, 9.17) is 9.47 Å². The lowest BCUT2D eigenvalue weighted by atomic mass is 10.0. The second-order valence-electron chi connectivity index (χ2n) is 5.82. The highest BCUT2D eigenvalue weighted by Crippen LogP contribution is 2.36. The molecule has 0 saturated heterocycles. The Morgan fingerprint density at radius 1 is 1.33 bits per heavy atom. The molecule has 0 radical (unpaired) electrons. The van der Waals surface area contributed by atoms with E-state index < -0.39 is 12.0 Å². The number of rotatable bonds is 7. The Bertz CT molecular complexity index is 847. The summed E-state index contributed by atoms with van der Waals surface area (Å²) < 4.78 is 11.2. The molecule has 9 heteroatoms. The first-order valence-electron chi connectivity index (χ1n) is 8.23. The van der Waals surface area contributed by atoms with Crippen LogP contribution in [0.3, 0.4) is 0 Å². The Morgan fingerprint density at radius 3 is 2.78 bits per heavy atom. The minimum atomic E-state index is -0.538. The third-order valence-electron chi connectivity index (χ3n) is 4.11. The number of allylic oxidation sites excluding steroid dienone is 1. The molecule has 0 aromatic carbocycles. The minimum Gasteiger partial charge on any atom is -0.460 e. The molecule has 6 nitrogen and oxygen atoms in total. The number of nitrogens with zero attached hydrogens (tertiary/aromatic N) is 1. The van der Waals surface area contributed by atoms with E-state index in [0.29, 0.717) is 24.4 Å². The molecule has 0 fully saturated rings. The Labute approximate surface area is 173 Å². The van der Waals surface area contributed by atoms with Crippen molar-refractivity contribution in [3.8, 4) is 0 Å². The van der Waals surface area contributed by atoms with Crippen molar-refractivity contribution < 1.29 is 19.1 Å². The first-order valence-corrected chi connectivity index (χ1v) is 10.7. The highest BCUT2D eigenvalue weighted by molar-refractivity contribution is 9.11. The first-order chi connectivity index (χ1) is 13.0. The standard InChI is InChI=1S/C18H19BrN2O4S2/c1-11-15(17(22)25-8-7-24-2)16(13-5-6-14(19)27-13)20-18(23)21(11)10-12-4-3-9-26-12/h3-6,9,16H,7-8,10H2,1-2H3,(H,20,23). The lowest BCUT2D eigenvalue weighted by molar-refractivity contribution is -0.140. The van der Waals surface area contributed by atoms with Crippen molar-refractivity contribution in [2.45, 2.75) is 19.5 Å². The minimum absolute atomic E-state index is 0.159. The SMILES string of the molecule is COCCOC(=O)C1=C(C)N(Cc2cccs2)C(=O)NC1c1ccc(Br)s1. The van der Waals surface area contributed by atoms with Crippen LogP contribution in [0.4, 0.5) is 4.79 Å². The predicted molar refractivity (Wildman–Crippen MR) is 109 cm³/mol. The van der Waals surface area contributed by atoms with Crippen LogP contribution in [0.2, 0.25) is 0 Å². The van der Waals surface area contributed by atoms with Crippen LogP contribution >= 0.6 is 38.6 Å². The first kappa shape index (κ1) is 20.1. The highest BCUT2D eigenvalue weighted by Gasteiger charge is 2.37. The molecule has 1 aliphatic rings. The summed E-state index contributed by atoms with van der Waals surface area (Å²) in [7, 11) is 1.55. The van der Waals surface area contributed by atoms with Gasteiger partial charge in [0.2, 0.25) is 0 Å². The van der Waals surface area contributed by atoms with Crippen molar-refractivity contribution in [1.29, 1.82) is 0 Å². The molecule has 0 saturated carbocycles. The summed E-state index contributed by atoms with van der Waals surface area (Å²) in [5.74, 6) is -0.449. The smallest absolute Gasteiger partial charge is 0.338 e. The number of amides is 2. The van der Waals surface area contributed by atoms with Gasteiger partial charge in [-0.3, -0.25) is 4.90 Å². The van der Waals surface area contributed by atoms with Gasteiger partial charge < -0.3 is 14.8 Å². The van der Waals surface area contributed by atoms with Crippen LogP contribution in [0.15, 0.2) is 44.7 Å². The molecule has 2 aromatic rings. The normalized spacial score (nSPS) is 17.2. The van der Waals surface area contributed by atoms with Crippen LogP contribution in [0, 0.1) is 0 Å². The van der Waals surface area contributed by atoms with Gasteiger partial charge in [-0.05, 0) is 46.4 Å². The van der Waals surface area contributed by atoms with Gasteiger partial charge >= 0.3 is 12.0 Å². The van der Waals surface area contributed by atoms with E-state index in [0.717, 1.165) is 13.5 Å². The molecular weight excluding hydrogens is 452 g/mol. The number of nitrogens with one attached hydrogen (secondary N) is 1. The fraction of sp³-hybridized carbons (Fsp3) is 0.333. The number of thiophene rings is 2. The van der Waals surface area contributed by atoms with E-state index in [-0.39, 0.29) is 12.6 Å². The molecule has 0 bridgehead atoms. The summed E-state index contributed by atoms with van der Waals surface area (Å²) in [5, 5.41) is 4.91. The summed E-state index contributed by atoms with van der Waals surface area (Å²) in [6.45, 7) is 2.67. The van der Waals surface area contributed by atoms with Gasteiger partial charge in [0.25, 0.3) is 0 Å². The molecule has 1 unspecified atom stereocenters. The van der Waals surface area contributed by atoms with Gasteiger partial charge in [-0.1, -0.05) is 6.07 Å². The van der Waals surface area contributed by atoms with E-state index in [1.165, 1.54) is 11.3 Å². The van der Waals surface area contributed by atoms with Crippen molar-refractivity contribution >= 4 is 50.6 Å². The Hall–Kier alpha value is -1.68. The van der Waals surface area contributed by atoms with Gasteiger partial charge in [-0.2, -0.15) is 0 Å². The number of halogens is 1. The fourth-order valence-electron chi connectivity index (χ4n) is 2.79. The Morgan fingerprint density at radius 2 is 2.15 bits per heavy atom. The fourth-order valence-corrected chi connectivity index (χ4v) is 4.96. The van der Waals surface area contributed by atoms with Crippen LogP contribution < -0.4 is 5.32 Å². The quantitative estimate of drug-likeness (QED) is 0.483. The van der Waals surface area contributed by atoms with E-state index in [1.807, 2.05) is 29.6 Å². The van der Waals surface area contributed by atoms with E-state index in [9.17, 15) is 9.59 Å². The molecule has 3 heterocycles. The number of ether oxygens (including phenoxy) is 2. The lowest BCUT2D eigenvalue weighted by Gasteiger charge is -2.34. The zero-order chi connectivity index (χ0) is 19.4. The van der Waals surface area contributed by atoms with Gasteiger partial charge in [0, 0.05) is 22.6 Å². The zero-order valence-electron chi connectivity index (χ0n) is 14.9. The molecule has 3 rings (SSSR count). The number of hydrogen-bond acceptors (Lipinski definition) is 6. The molecule has 0 aliphatic carbocycles. The number of urea groups is 1. The number of carbonyl (C=O) groups excluding carboxylic acids is 2. The summed E-state index contributed by atoms with van der Waals surface area (Å²) in [5.41, 5.74) is 1.04. The second kappa shape index (κ2) is 9.01. The van der Waals surface area contributed by atoms with Crippen LogP contribution in [0.5, 0.6) is 0 Å². The molecule has 1 atom stereocenters. The predicted octanol–water partition coefficient (Wildman–Crippen LogP) is 4.30. The number of methoxy groups -OCH3 is 1. The summed E-state index contributed by atoms with van der Waals surface area (Å²) >= 11 is 6.48. The maximum absolute atomic E-state index is 12.8. The molecular formula is C18H19BrN2O4S2. The number of hydrogen-bond donors (Lipinski definition) is 1. The summed E-state index contributed by atoms with van der Waals surface area (Å²) in [6.07, 6.45) is 0. The van der Waals surface area contributed by atoms with Gasteiger partial charge in [0.15, 0.2) is 0 Å². The molecule has 2 amide bonds. The third-order valence-corrected chi connectivity index (χ3v) is 6.66.